The van der Waals surface area contributed by atoms with Crippen LogP contribution in [0.5, 0.6) is 5.75 Å². The maximum Gasteiger partial charge on any atom is 0.258 e. The molecular weight excluding hydrogens is 342 g/mol. The quantitative estimate of drug-likeness (QED) is 0.580. The Labute approximate surface area is 163 Å². The summed E-state index contributed by atoms with van der Waals surface area (Å²) in [7, 11) is 4.17. The van der Waals surface area contributed by atoms with Crippen molar-refractivity contribution in [2.75, 3.05) is 46.9 Å². The lowest BCUT2D eigenvalue weighted by atomic mass is 10.0. The number of ether oxygens (including phenoxy) is 1. The van der Waals surface area contributed by atoms with Crippen LogP contribution in [0.15, 0.2) is 24.3 Å². The predicted octanol–water partition coefficient (Wildman–Crippen LogP) is 2.15. The van der Waals surface area contributed by atoms with E-state index in [1.807, 2.05) is 38.1 Å². The molecule has 6 nitrogen and oxygen atoms in total. The van der Waals surface area contributed by atoms with Gasteiger partial charge in [-0.2, -0.15) is 0 Å². The standard InChI is InChI=1S/C21H35N3O3/c1-16(2)18-7-9-19(10-8-18)27-15-20(25)22-11-13-24(5,6)14-12-23-21(26)17(3)4/h7-10,16-17H,11-15H2,1-6H3,(H-,22,23,25,26)/p+1. The number of carbonyl (C=O) groups excluding carboxylic acids is 2. The van der Waals surface area contributed by atoms with Crippen molar-refractivity contribution >= 4 is 11.8 Å². The third-order valence-corrected chi connectivity index (χ3v) is 4.50. The van der Waals surface area contributed by atoms with Gasteiger partial charge in [-0.15, -0.1) is 0 Å². The van der Waals surface area contributed by atoms with Gasteiger partial charge in [0.15, 0.2) is 6.61 Å². The average molecular weight is 379 g/mol. The van der Waals surface area contributed by atoms with Gasteiger partial charge in [0.25, 0.3) is 5.91 Å². The van der Waals surface area contributed by atoms with E-state index in [4.69, 9.17) is 4.74 Å². The molecule has 0 radical (unpaired) electrons. The zero-order valence-corrected chi connectivity index (χ0v) is 17.7. The highest BCUT2D eigenvalue weighted by Crippen LogP contribution is 2.18. The van der Waals surface area contributed by atoms with Crippen LogP contribution in [0.3, 0.4) is 0 Å². The lowest BCUT2D eigenvalue weighted by Crippen LogP contribution is -2.49. The average Bonchev–Trinajstić information content (AvgIpc) is 2.59. The first kappa shape index (κ1) is 23.0. The van der Waals surface area contributed by atoms with Gasteiger partial charge >= 0.3 is 0 Å². The molecule has 152 valence electrons. The van der Waals surface area contributed by atoms with Crippen LogP contribution in [-0.4, -0.2) is 63.2 Å². The summed E-state index contributed by atoms with van der Waals surface area (Å²) in [5, 5.41) is 5.81. The van der Waals surface area contributed by atoms with Gasteiger partial charge in [0, 0.05) is 5.92 Å². The van der Waals surface area contributed by atoms with Crippen molar-refractivity contribution in [2.24, 2.45) is 5.92 Å². The highest BCUT2D eigenvalue weighted by atomic mass is 16.5. The van der Waals surface area contributed by atoms with Crippen LogP contribution < -0.4 is 15.4 Å². The van der Waals surface area contributed by atoms with E-state index < -0.39 is 0 Å². The van der Waals surface area contributed by atoms with E-state index in [1.165, 1.54) is 5.56 Å². The highest BCUT2D eigenvalue weighted by Gasteiger charge is 2.16. The number of hydrogen-bond donors (Lipinski definition) is 2. The number of nitrogens with zero attached hydrogens (tertiary/aromatic N) is 1. The number of likely N-dealkylation sites (N-methyl/N-ethyl adjacent to an activating group) is 1. The fourth-order valence-electron chi connectivity index (χ4n) is 2.44. The van der Waals surface area contributed by atoms with Gasteiger partial charge in [-0.1, -0.05) is 39.8 Å². The summed E-state index contributed by atoms with van der Waals surface area (Å²) in [6.45, 7) is 10.9. The lowest BCUT2D eigenvalue weighted by Gasteiger charge is -2.30. The Balaban J connectivity index is 2.24. The predicted molar refractivity (Wildman–Crippen MR) is 109 cm³/mol. The molecule has 0 spiro atoms. The molecule has 0 bridgehead atoms. The molecule has 2 N–H and O–H groups in total. The Morgan fingerprint density at radius 3 is 2.04 bits per heavy atom. The van der Waals surface area contributed by atoms with Crippen molar-refractivity contribution in [3.63, 3.8) is 0 Å². The number of nitrogens with one attached hydrogen (secondary N) is 2. The van der Waals surface area contributed by atoms with E-state index in [-0.39, 0.29) is 24.3 Å². The second-order valence-corrected chi connectivity index (χ2v) is 8.19. The smallest absolute Gasteiger partial charge is 0.258 e. The van der Waals surface area contributed by atoms with E-state index in [0.717, 1.165) is 17.6 Å². The summed E-state index contributed by atoms with van der Waals surface area (Å²) < 4.78 is 6.25. The Morgan fingerprint density at radius 1 is 0.963 bits per heavy atom. The van der Waals surface area contributed by atoms with Crippen LogP contribution in [0.4, 0.5) is 0 Å². The molecule has 0 saturated carbocycles. The topological polar surface area (TPSA) is 67.4 Å². The lowest BCUT2D eigenvalue weighted by molar-refractivity contribution is -0.887. The molecular formula is C21H36N3O3+. The maximum atomic E-state index is 12.0. The van der Waals surface area contributed by atoms with Crippen molar-refractivity contribution in [2.45, 2.75) is 33.6 Å². The van der Waals surface area contributed by atoms with Gasteiger partial charge in [0.2, 0.25) is 5.91 Å². The first-order chi connectivity index (χ1) is 12.6. The molecule has 2 amide bonds. The molecule has 0 aliphatic heterocycles. The minimum Gasteiger partial charge on any atom is -0.484 e. The van der Waals surface area contributed by atoms with Crippen molar-refractivity contribution in [3.05, 3.63) is 29.8 Å². The van der Waals surface area contributed by atoms with Gasteiger partial charge in [0.05, 0.1) is 40.3 Å². The van der Waals surface area contributed by atoms with E-state index >= 15 is 0 Å². The number of amides is 2. The molecule has 1 rings (SSSR count). The molecule has 0 atom stereocenters. The molecule has 0 saturated heterocycles. The fraction of sp³-hybridized carbons (Fsp3) is 0.619. The molecule has 0 aliphatic carbocycles. The molecule has 0 aromatic heterocycles. The summed E-state index contributed by atoms with van der Waals surface area (Å²) in [5.74, 6) is 1.12. The summed E-state index contributed by atoms with van der Waals surface area (Å²) in [6, 6.07) is 7.84. The van der Waals surface area contributed by atoms with Crippen molar-refractivity contribution in [1.29, 1.82) is 0 Å². The molecule has 1 aromatic rings. The van der Waals surface area contributed by atoms with Crippen molar-refractivity contribution < 1.29 is 18.8 Å². The van der Waals surface area contributed by atoms with E-state index in [1.54, 1.807) is 0 Å². The van der Waals surface area contributed by atoms with E-state index in [2.05, 4.69) is 38.6 Å². The first-order valence-corrected chi connectivity index (χ1v) is 9.70. The Hall–Kier alpha value is -2.08. The van der Waals surface area contributed by atoms with Crippen LogP contribution >= 0.6 is 0 Å². The second-order valence-electron chi connectivity index (χ2n) is 8.19. The molecule has 0 aliphatic rings. The number of rotatable bonds is 11. The largest absolute Gasteiger partial charge is 0.484 e. The number of benzene rings is 1. The molecule has 27 heavy (non-hydrogen) atoms. The van der Waals surface area contributed by atoms with Crippen LogP contribution in [0.25, 0.3) is 0 Å². The number of quaternary nitrogens is 1. The van der Waals surface area contributed by atoms with E-state index in [0.29, 0.717) is 24.8 Å². The Bertz CT molecular complexity index is 595. The fourth-order valence-corrected chi connectivity index (χ4v) is 2.44. The van der Waals surface area contributed by atoms with E-state index in [9.17, 15) is 9.59 Å². The minimum atomic E-state index is -0.129. The summed E-state index contributed by atoms with van der Waals surface area (Å²) in [6.07, 6.45) is 0. The van der Waals surface area contributed by atoms with Gasteiger partial charge < -0.3 is 19.9 Å². The molecule has 0 unspecified atom stereocenters. The summed E-state index contributed by atoms with van der Waals surface area (Å²) in [5.41, 5.74) is 1.25. The highest BCUT2D eigenvalue weighted by molar-refractivity contribution is 5.78. The summed E-state index contributed by atoms with van der Waals surface area (Å²) in [4.78, 5) is 23.5. The zero-order chi connectivity index (χ0) is 20.4. The molecule has 6 heteroatoms. The van der Waals surface area contributed by atoms with Crippen LogP contribution in [0.2, 0.25) is 0 Å². The van der Waals surface area contributed by atoms with Crippen LogP contribution in [-0.2, 0) is 9.59 Å². The van der Waals surface area contributed by atoms with Gasteiger partial charge in [-0.25, -0.2) is 0 Å². The summed E-state index contributed by atoms with van der Waals surface area (Å²) >= 11 is 0. The van der Waals surface area contributed by atoms with Crippen molar-refractivity contribution in [3.8, 4) is 5.75 Å². The van der Waals surface area contributed by atoms with Gasteiger partial charge in [-0.05, 0) is 23.6 Å². The van der Waals surface area contributed by atoms with Gasteiger partial charge in [-0.3, -0.25) is 9.59 Å². The molecule has 0 heterocycles. The molecule has 0 fully saturated rings. The third-order valence-electron chi connectivity index (χ3n) is 4.50. The second kappa shape index (κ2) is 10.9. The maximum absolute atomic E-state index is 12.0. The third kappa shape index (κ3) is 9.43. The van der Waals surface area contributed by atoms with Gasteiger partial charge in [0.1, 0.15) is 5.75 Å². The monoisotopic (exact) mass is 378 g/mol. The normalized spacial score (nSPS) is 11.6. The number of hydrogen-bond acceptors (Lipinski definition) is 3. The molecule has 1 aromatic carbocycles. The van der Waals surface area contributed by atoms with Crippen molar-refractivity contribution in [1.82, 2.24) is 10.6 Å². The SMILES string of the molecule is CC(C)C(=O)NCC[N+](C)(C)CCNC(=O)COc1ccc(C(C)C)cc1. The van der Waals surface area contributed by atoms with Crippen LogP contribution in [0.1, 0.15) is 39.2 Å². The Morgan fingerprint density at radius 2 is 1.52 bits per heavy atom. The first-order valence-electron chi connectivity index (χ1n) is 9.70. The zero-order valence-electron chi connectivity index (χ0n) is 17.7. The van der Waals surface area contributed by atoms with Crippen LogP contribution in [0, 0.1) is 5.92 Å². The Kier molecular flexibility index (Phi) is 9.29. The minimum absolute atomic E-state index is 0.00137. The number of carbonyl (C=O) groups is 2.